The molecule has 0 aliphatic rings. The number of hydrogen-bond donors (Lipinski definition) is 1. The van der Waals surface area contributed by atoms with Gasteiger partial charge in [-0.2, -0.15) is 22.0 Å². The van der Waals surface area contributed by atoms with Crippen LogP contribution in [0.1, 0.15) is 11.6 Å². The van der Waals surface area contributed by atoms with E-state index >= 15 is 0 Å². The molecule has 0 amide bonds. The van der Waals surface area contributed by atoms with E-state index in [1.54, 1.807) is 12.1 Å². The Hall–Kier alpha value is -2.18. The van der Waals surface area contributed by atoms with Crippen molar-refractivity contribution in [1.82, 2.24) is 0 Å². The van der Waals surface area contributed by atoms with Gasteiger partial charge in [0.15, 0.2) is 0 Å². The van der Waals surface area contributed by atoms with Crippen LogP contribution in [0, 0.1) is 0 Å². The minimum absolute atomic E-state index is 0. The van der Waals surface area contributed by atoms with Crippen LogP contribution in [0.15, 0.2) is 54.6 Å². The lowest BCUT2D eigenvalue weighted by Gasteiger charge is -2.27. The third-order valence-corrected chi connectivity index (χ3v) is 4.67. The molecule has 136 valence electrons. The molecule has 0 aliphatic heterocycles. The Balaban J connectivity index is 0.00000196. The maximum Gasteiger partial charge on any atom is 0.455 e. The summed E-state index contributed by atoms with van der Waals surface area (Å²) < 4.78 is 65.8. The van der Waals surface area contributed by atoms with Crippen LogP contribution in [0.2, 0.25) is 0 Å². The molecule has 4 aromatic rings. The van der Waals surface area contributed by atoms with Gasteiger partial charge in [0.2, 0.25) is 0 Å². The lowest BCUT2D eigenvalue weighted by Crippen LogP contribution is -2.45. The summed E-state index contributed by atoms with van der Waals surface area (Å²) in [7, 11) is 0. The molecular formula is C19H13ClF5N. The molecule has 4 aromatic carbocycles. The largest absolute Gasteiger partial charge is 0.455 e. The molecule has 0 bridgehead atoms. The van der Waals surface area contributed by atoms with Crippen LogP contribution in [-0.4, -0.2) is 12.1 Å². The van der Waals surface area contributed by atoms with Gasteiger partial charge in [-0.05, 0) is 37.9 Å². The summed E-state index contributed by atoms with van der Waals surface area (Å²) in [6.07, 6.45) is -5.71. The van der Waals surface area contributed by atoms with E-state index in [9.17, 15) is 22.0 Å². The van der Waals surface area contributed by atoms with E-state index < -0.39 is 18.1 Å². The van der Waals surface area contributed by atoms with Gasteiger partial charge < -0.3 is 5.73 Å². The second-order valence-corrected chi connectivity index (χ2v) is 6.11. The first-order valence-electron chi connectivity index (χ1n) is 7.58. The lowest BCUT2D eigenvalue weighted by molar-refractivity contribution is -0.290. The number of alkyl halides is 5. The molecule has 0 radical (unpaired) electrons. The molecule has 0 saturated heterocycles. The predicted molar refractivity (Wildman–Crippen MR) is 95.3 cm³/mol. The molecular weight excluding hydrogens is 373 g/mol. The fourth-order valence-electron chi connectivity index (χ4n) is 3.40. The zero-order valence-electron chi connectivity index (χ0n) is 13.1. The molecule has 0 heterocycles. The third kappa shape index (κ3) is 2.47. The van der Waals surface area contributed by atoms with Crippen molar-refractivity contribution < 1.29 is 22.0 Å². The molecule has 7 heteroatoms. The topological polar surface area (TPSA) is 26.0 Å². The number of benzene rings is 4. The van der Waals surface area contributed by atoms with Crippen LogP contribution < -0.4 is 5.73 Å². The molecule has 0 unspecified atom stereocenters. The van der Waals surface area contributed by atoms with Crippen LogP contribution in [0.25, 0.3) is 32.3 Å². The first kappa shape index (κ1) is 18.6. The minimum Gasteiger partial charge on any atom is -0.319 e. The van der Waals surface area contributed by atoms with Gasteiger partial charge in [-0.25, -0.2) is 0 Å². The van der Waals surface area contributed by atoms with Gasteiger partial charge in [0.05, 0.1) is 0 Å². The summed E-state index contributed by atoms with van der Waals surface area (Å²) in [5, 5.41) is 4.36. The van der Waals surface area contributed by atoms with E-state index in [-0.39, 0.29) is 18.0 Å². The monoisotopic (exact) mass is 385 g/mol. The number of nitrogens with two attached hydrogens (primary N) is 1. The second-order valence-electron chi connectivity index (χ2n) is 6.11. The van der Waals surface area contributed by atoms with Gasteiger partial charge in [0, 0.05) is 0 Å². The molecule has 0 spiro atoms. The van der Waals surface area contributed by atoms with Crippen molar-refractivity contribution in [2.45, 2.75) is 18.1 Å². The van der Waals surface area contributed by atoms with Crippen molar-refractivity contribution in [3.05, 3.63) is 60.2 Å². The zero-order chi connectivity index (χ0) is 18.0. The Kier molecular flexibility index (Phi) is 4.24. The van der Waals surface area contributed by atoms with Gasteiger partial charge in [0.1, 0.15) is 6.04 Å². The SMILES string of the molecule is Cl.N[C@H](c1ccc2ccc3cccc4ccc1c2c34)C(F)(F)C(F)(F)F. The third-order valence-electron chi connectivity index (χ3n) is 4.67. The first-order valence-corrected chi connectivity index (χ1v) is 7.58. The Bertz CT molecular complexity index is 1070. The van der Waals surface area contributed by atoms with Gasteiger partial charge in [-0.1, -0.05) is 54.6 Å². The summed E-state index contributed by atoms with van der Waals surface area (Å²) in [6, 6.07) is 12.9. The summed E-state index contributed by atoms with van der Waals surface area (Å²) in [4.78, 5) is 0. The van der Waals surface area contributed by atoms with Crippen LogP contribution in [0.4, 0.5) is 22.0 Å². The molecule has 0 fully saturated rings. The van der Waals surface area contributed by atoms with Crippen molar-refractivity contribution in [3.8, 4) is 0 Å². The quantitative estimate of drug-likeness (QED) is 0.322. The van der Waals surface area contributed by atoms with E-state index in [0.29, 0.717) is 10.8 Å². The molecule has 1 atom stereocenters. The van der Waals surface area contributed by atoms with E-state index in [4.69, 9.17) is 5.73 Å². The van der Waals surface area contributed by atoms with Gasteiger partial charge >= 0.3 is 12.1 Å². The van der Waals surface area contributed by atoms with E-state index in [2.05, 4.69) is 0 Å². The molecule has 1 nitrogen and oxygen atoms in total. The van der Waals surface area contributed by atoms with E-state index in [0.717, 1.165) is 21.5 Å². The van der Waals surface area contributed by atoms with Crippen molar-refractivity contribution >= 4 is 44.7 Å². The zero-order valence-corrected chi connectivity index (χ0v) is 14.0. The first-order chi connectivity index (χ1) is 11.7. The second kappa shape index (κ2) is 5.93. The number of rotatable bonds is 2. The Morgan fingerprint density at radius 2 is 1.19 bits per heavy atom. The normalized spacial score (nSPS) is 14.1. The van der Waals surface area contributed by atoms with Crippen LogP contribution in [0.3, 0.4) is 0 Å². The molecule has 2 N–H and O–H groups in total. The fourth-order valence-corrected chi connectivity index (χ4v) is 3.40. The number of hydrogen-bond acceptors (Lipinski definition) is 1. The molecule has 0 aromatic heterocycles. The van der Waals surface area contributed by atoms with Crippen molar-refractivity contribution in [2.75, 3.05) is 0 Å². The Labute approximate surface area is 151 Å². The van der Waals surface area contributed by atoms with E-state index in [1.807, 2.05) is 30.3 Å². The van der Waals surface area contributed by atoms with Crippen molar-refractivity contribution in [3.63, 3.8) is 0 Å². The Morgan fingerprint density at radius 1 is 0.692 bits per heavy atom. The maximum atomic E-state index is 13.8. The summed E-state index contributed by atoms with van der Waals surface area (Å²) >= 11 is 0. The average molecular weight is 386 g/mol. The van der Waals surface area contributed by atoms with Gasteiger partial charge in [-0.15, -0.1) is 12.4 Å². The molecule has 4 rings (SSSR count). The average Bonchev–Trinajstić information content (AvgIpc) is 2.58. The highest BCUT2D eigenvalue weighted by molar-refractivity contribution is 6.23. The van der Waals surface area contributed by atoms with Crippen molar-refractivity contribution in [1.29, 1.82) is 0 Å². The predicted octanol–water partition coefficient (Wildman–Crippen LogP) is 6.20. The minimum atomic E-state index is -5.71. The molecule has 0 saturated carbocycles. The Morgan fingerprint density at radius 3 is 1.77 bits per heavy atom. The van der Waals surface area contributed by atoms with Gasteiger partial charge in [0.25, 0.3) is 0 Å². The summed E-state index contributed by atoms with van der Waals surface area (Å²) in [6.45, 7) is 0. The standard InChI is InChI=1S/C19H12F5N.ClH/c20-18(21,19(22,23)24)17(25)14-9-7-12-5-4-10-2-1-3-11-6-8-13(14)16(12)15(10)11;/h1-9,17H,25H2;1H/t17-;/m1./s1. The van der Waals surface area contributed by atoms with E-state index in [1.165, 1.54) is 12.1 Å². The highest BCUT2D eigenvalue weighted by Crippen LogP contribution is 2.46. The molecule has 26 heavy (non-hydrogen) atoms. The van der Waals surface area contributed by atoms with Crippen LogP contribution in [-0.2, 0) is 0 Å². The summed E-state index contributed by atoms with van der Waals surface area (Å²) in [5.41, 5.74) is 5.17. The lowest BCUT2D eigenvalue weighted by atomic mass is 9.88. The number of halogens is 6. The summed E-state index contributed by atoms with van der Waals surface area (Å²) in [5.74, 6) is -5.02. The smallest absolute Gasteiger partial charge is 0.319 e. The molecule has 0 aliphatic carbocycles. The maximum absolute atomic E-state index is 13.8. The highest BCUT2D eigenvalue weighted by atomic mass is 35.5. The highest BCUT2D eigenvalue weighted by Gasteiger charge is 2.61. The van der Waals surface area contributed by atoms with Crippen LogP contribution >= 0.6 is 12.4 Å². The van der Waals surface area contributed by atoms with Gasteiger partial charge in [-0.3, -0.25) is 0 Å². The van der Waals surface area contributed by atoms with Crippen LogP contribution in [0.5, 0.6) is 0 Å². The van der Waals surface area contributed by atoms with Crippen molar-refractivity contribution in [2.24, 2.45) is 5.73 Å². The fraction of sp³-hybridized carbons (Fsp3) is 0.158.